The predicted molar refractivity (Wildman–Crippen MR) is 245 cm³/mol. The van der Waals surface area contributed by atoms with Crippen molar-refractivity contribution >= 4 is 71.9 Å². The monoisotopic (exact) mass is 742 g/mol. The van der Waals surface area contributed by atoms with Crippen LogP contribution in [0.25, 0.3) is 65.7 Å². The molecule has 3 heteroatoms. The Bertz CT molecular complexity index is 3240. The fraction of sp³-hybridized carbons (Fsp3) is 0.0182. The van der Waals surface area contributed by atoms with Crippen LogP contribution in [-0.2, 0) is 6.42 Å². The van der Waals surface area contributed by atoms with E-state index < -0.39 is 0 Å². The second-order valence-corrected chi connectivity index (χ2v) is 14.9. The molecule has 2 heterocycles. The van der Waals surface area contributed by atoms with Gasteiger partial charge in [-0.2, -0.15) is 0 Å². The first kappa shape index (κ1) is 33.7. The van der Waals surface area contributed by atoms with Gasteiger partial charge in [-0.3, -0.25) is 0 Å². The Morgan fingerprint density at radius 1 is 0.448 bits per heavy atom. The Labute approximate surface area is 337 Å². The Hall–Kier alpha value is -7.62. The Morgan fingerprint density at radius 2 is 1.07 bits per heavy atom. The highest BCUT2D eigenvalue weighted by Gasteiger charge is 2.21. The molecule has 0 fully saturated rings. The third kappa shape index (κ3) is 5.75. The topological polar surface area (TPSA) is 19.6 Å². The standard InChI is InChI=1S/C55H38N2O/c1-2-17-38-18-4-10-31-51(38)56(34-13-1)52-32-11-8-25-45(52)39-20-14-22-42(35-39)57(53-37-41-19-3-5-24-44(41)47-26-6-7-27-48(47)53)43-23-15-21-40(36-43)46-29-16-30-50-49-28-9-12-33-54(49)58-55(46)50/h1-16,18-37H,17H2/b2-1-,34-13-. The summed E-state index contributed by atoms with van der Waals surface area (Å²) in [5.41, 5.74) is 13.1. The molecule has 10 aromatic rings. The number of allylic oxidation sites excluding steroid dienone is 3. The summed E-state index contributed by atoms with van der Waals surface area (Å²) in [6.07, 6.45) is 9.56. The summed E-state index contributed by atoms with van der Waals surface area (Å²) in [5.74, 6) is 0. The lowest BCUT2D eigenvalue weighted by Gasteiger charge is -2.29. The number of para-hydroxylation sites is 4. The summed E-state index contributed by atoms with van der Waals surface area (Å²) in [5, 5.41) is 7.10. The maximum atomic E-state index is 6.55. The molecule has 9 aromatic carbocycles. The minimum atomic E-state index is 0.882. The fourth-order valence-corrected chi connectivity index (χ4v) is 8.79. The van der Waals surface area contributed by atoms with Crippen LogP contribution in [0.5, 0.6) is 0 Å². The lowest BCUT2D eigenvalue weighted by atomic mass is 9.97. The summed E-state index contributed by atoms with van der Waals surface area (Å²) in [6, 6.07) is 69.9. The molecule has 0 radical (unpaired) electrons. The lowest BCUT2D eigenvalue weighted by molar-refractivity contribution is 0.670. The van der Waals surface area contributed by atoms with Crippen molar-refractivity contribution in [1.82, 2.24) is 0 Å². The molecule has 0 N–H and O–H groups in total. The van der Waals surface area contributed by atoms with Gasteiger partial charge in [-0.15, -0.1) is 0 Å². The number of furan rings is 1. The van der Waals surface area contributed by atoms with Gasteiger partial charge in [-0.05, 0) is 93.9 Å². The van der Waals surface area contributed by atoms with Crippen LogP contribution in [-0.4, -0.2) is 0 Å². The SMILES string of the molecule is C1=C\Cc2ccccc2N(c2ccccc2-c2cccc(N(c3cccc(-c4cccc5c4oc4ccccc45)c3)c3cc4ccccc4c4ccccc34)c2)\C=C/1. The van der Waals surface area contributed by atoms with Crippen molar-refractivity contribution in [3.05, 3.63) is 224 Å². The molecule has 0 saturated carbocycles. The van der Waals surface area contributed by atoms with Gasteiger partial charge in [0.2, 0.25) is 0 Å². The second-order valence-electron chi connectivity index (χ2n) is 14.9. The van der Waals surface area contributed by atoms with E-state index in [1.165, 1.54) is 32.8 Å². The molecular weight excluding hydrogens is 705 g/mol. The minimum Gasteiger partial charge on any atom is -0.455 e. The molecule has 0 bridgehead atoms. The Balaban J connectivity index is 1.12. The first-order chi connectivity index (χ1) is 28.8. The van der Waals surface area contributed by atoms with E-state index in [9.17, 15) is 0 Å². The van der Waals surface area contributed by atoms with E-state index in [0.29, 0.717) is 0 Å². The number of fused-ring (bicyclic) bond motifs is 7. The zero-order valence-corrected chi connectivity index (χ0v) is 31.8. The summed E-state index contributed by atoms with van der Waals surface area (Å²) in [4.78, 5) is 4.76. The predicted octanol–water partition coefficient (Wildman–Crippen LogP) is 15.5. The van der Waals surface area contributed by atoms with Gasteiger partial charge in [0.05, 0.1) is 11.4 Å². The van der Waals surface area contributed by atoms with Crippen molar-refractivity contribution in [3.63, 3.8) is 0 Å². The summed E-state index contributed by atoms with van der Waals surface area (Å²) in [6.45, 7) is 0. The highest BCUT2D eigenvalue weighted by Crippen LogP contribution is 2.46. The summed E-state index contributed by atoms with van der Waals surface area (Å²) >= 11 is 0. The van der Waals surface area contributed by atoms with E-state index in [1.54, 1.807) is 0 Å². The number of hydrogen-bond acceptors (Lipinski definition) is 3. The molecule has 0 atom stereocenters. The molecular formula is C55H38N2O. The van der Waals surface area contributed by atoms with Crippen LogP contribution >= 0.6 is 0 Å². The van der Waals surface area contributed by atoms with Gasteiger partial charge in [-0.25, -0.2) is 0 Å². The van der Waals surface area contributed by atoms with Gasteiger partial charge >= 0.3 is 0 Å². The smallest absolute Gasteiger partial charge is 0.143 e. The molecule has 1 aromatic heterocycles. The van der Waals surface area contributed by atoms with Crippen LogP contribution in [0, 0.1) is 0 Å². The highest BCUT2D eigenvalue weighted by molar-refractivity contribution is 6.15. The molecule has 0 unspecified atom stereocenters. The van der Waals surface area contributed by atoms with Crippen LogP contribution in [0.2, 0.25) is 0 Å². The van der Waals surface area contributed by atoms with E-state index in [2.05, 4.69) is 216 Å². The molecule has 58 heavy (non-hydrogen) atoms. The molecule has 3 nitrogen and oxygen atoms in total. The molecule has 0 spiro atoms. The zero-order chi connectivity index (χ0) is 38.4. The third-order valence-corrected chi connectivity index (χ3v) is 11.5. The first-order valence-electron chi connectivity index (χ1n) is 19.9. The van der Waals surface area contributed by atoms with Crippen LogP contribution in [0.1, 0.15) is 5.56 Å². The normalized spacial score (nSPS) is 13.7. The van der Waals surface area contributed by atoms with E-state index in [1.807, 2.05) is 12.1 Å². The van der Waals surface area contributed by atoms with E-state index >= 15 is 0 Å². The summed E-state index contributed by atoms with van der Waals surface area (Å²) < 4.78 is 6.55. The van der Waals surface area contributed by atoms with Crippen molar-refractivity contribution in [1.29, 1.82) is 0 Å². The fourth-order valence-electron chi connectivity index (χ4n) is 8.79. The molecule has 0 amide bonds. The molecule has 1 aliphatic rings. The van der Waals surface area contributed by atoms with Gasteiger partial charge in [-0.1, -0.05) is 158 Å². The van der Waals surface area contributed by atoms with Crippen molar-refractivity contribution in [2.45, 2.75) is 6.42 Å². The quantitative estimate of drug-likeness (QED) is 0.158. The van der Waals surface area contributed by atoms with E-state index in [-0.39, 0.29) is 0 Å². The Morgan fingerprint density at radius 3 is 1.91 bits per heavy atom. The number of hydrogen-bond donors (Lipinski definition) is 0. The van der Waals surface area contributed by atoms with Crippen LogP contribution < -0.4 is 9.80 Å². The second kappa shape index (κ2) is 14.1. The molecule has 1 aliphatic heterocycles. The van der Waals surface area contributed by atoms with Crippen molar-refractivity contribution < 1.29 is 4.42 Å². The Kier molecular flexibility index (Phi) is 8.22. The van der Waals surface area contributed by atoms with Crippen LogP contribution in [0.15, 0.2) is 223 Å². The average Bonchev–Trinajstić information content (AvgIpc) is 3.66. The van der Waals surface area contributed by atoms with E-state index in [0.717, 1.165) is 73.4 Å². The molecule has 0 saturated heterocycles. The van der Waals surface area contributed by atoms with E-state index in [4.69, 9.17) is 4.42 Å². The maximum Gasteiger partial charge on any atom is 0.143 e. The van der Waals surface area contributed by atoms with Gasteiger partial charge in [0.25, 0.3) is 0 Å². The average molecular weight is 743 g/mol. The highest BCUT2D eigenvalue weighted by atomic mass is 16.3. The van der Waals surface area contributed by atoms with Crippen LogP contribution in [0.4, 0.5) is 28.4 Å². The van der Waals surface area contributed by atoms with Crippen LogP contribution in [0.3, 0.4) is 0 Å². The van der Waals surface area contributed by atoms with Gasteiger partial charge < -0.3 is 14.2 Å². The molecule has 0 aliphatic carbocycles. The van der Waals surface area contributed by atoms with Crippen molar-refractivity contribution in [3.8, 4) is 22.3 Å². The minimum absolute atomic E-state index is 0.882. The van der Waals surface area contributed by atoms with Gasteiger partial charge in [0.1, 0.15) is 11.2 Å². The van der Waals surface area contributed by atoms with Crippen molar-refractivity contribution in [2.24, 2.45) is 0 Å². The number of benzene rings is 9. The number of anilines is 5. The largest absolute Gasteiger partial charge is 0.455 e. The lowest BCUT2D eigenvalue weighted by Crippen LogP contribution is -2.13. The van der Waals surface area contributed by atoms with Gasteiger partial charge in [0, 0.05) is 50.5 Å². The molecule has 11 rings (SSSR count). The summed E-state index contributed by atoms with van der Waals surface area (Å²) in [7, 11) is 0. The first-order valence-corrected chi connectivity index (χ1v) is 19.9. The molecule has 274 valence electrons. The van der Waals surface area contributed by atoms with Gasteiger partial charge in [0.15, 0.2) is 0 Å². The zero-order valence-electron chi connectivity index (χ0n) is 31.8. The number of nitrogens with zero attached hydrogens (tertiary/aromatic N) is 2. The number of rotatable bonds is 6. The third-order valence-electron chi connectivity index (χ3n) is 11.5. The van der Waals surface area contributed by atoms with Crippen molar-refractivity contribution in [2.75, 3.05) is 9.80 Å². The maximum absolute atomic E-state index is 6.55.